The van der Waals surface area contributed by atoms with Gasteiger partial charge in [0.05, 0.1) is 12.3 Å². The fourth-order valence-corrected chi connectivity index (χ4v) is 2.41. The van der Waals surface area contributed by atoms with E-state index in [1.54, 1.807) is 18.2 Å². The quantitative estimate of drug-likeness (QED) is 0.679. The van der Waals surface area contributed by atoms with E-state index >= 15 is 0 Å². The number of aromatic nitrogens is 2. The highest BCUT2D eigenvalue weighted by Gasteiger charge is 2.12. The lowest BCUT2D eigenvalue weighted by Gasteiger charge is -2.06. The number of hydrogen-bond acceptors (Lipinski definition) is 3. The van der Waals surface area contributed by atoms with Crippen LogP contribution in [-0.4, -0.2) is 21.2 Å². The lowest BCUT2D eigenvalue weighted by atomic mass is 10.1. The van der Waals surface area contributed by atoms with Crippen LogP contribution >= 0.6 is 0 Å². The Morgan fingerprint density at radius 3 is 2.56 bits per heavy atom. The molecule has 0 saturated carbocycles. The van der Waals surface area contributed by atoms with Crippen molar-refractivity contribution in [1.82, 2.24) is 10.2 Å². The van der Waals surface area contributed by atoms with Crippen LogP contribution in [0.2, 0.25) is 0 Å². The highest BCUT2D eigenvalue weighted by molar-refractivity contribution is 6.04. The number of amides is 1. The summed E-state index contributed by atoms with van der Waals surface area (Å²) >= 11 is 0. The van der Waals surface area contributed by atoms with Gasteiger partial charge in [-0.2, -0.15) is 5.10 Å². The fourth-order valence-electron chi connectivity index (χ4n) is 2.41. The van der Waals surface area contributed by atoms with Crippen LogP contribution in [0.3, 0.4) is 0 Å². The second-order valence-corrected chi connectivity index (χ2v) is 5.58. The average Bonchev–Trinajstić information content (AvgIpc) is 3.03. The number of carbonyl (C=O) groups excluding carboxylic acids is 1. The van der Waals surface area contributed by atoms with E-state index in [0.29, 0.717) is 16.8 Å². The summed E-state index contributed by atoms with van der Waals surface area (Å²) in [7, 11) is 0. The van der Waals surface area contributed by atoms with Crippen LogP contribution in [-0.2, 0) is 6.61 Å². The first-order valence-corrected chi connectivity index (χ1v) is 7.50. The number of anilines is 1. The second kappa shape index (κ2) is 6.82. The van der Waals surface area contributed by atoms with Crippen LogP contribution in [0.5, 0.6) is 0 Å². The van der Waals surface area contributed by atoms with Gasteiger partial charge in [0.1, 0.15) is 11.6 Å². The van der Waals surface area contributed by atoms with Crippen molar-refractivity contribution in [3.8, 4) is 11.3 Å². The number of aryl methyl sites for hydroxylation is 1. The Hall–Kier alpha value is -3.06. The van der Waals surface area contributed by atoms with E-state index in [2.05, 4.69) is 15.5 Å². The minimum Gasteiger partial charge on any atom is -0.392 e. The van der Waals surface area contributed by atoms with Gasteiger partial charge in [0.15, 0.2) is 5.82 Å². The van der Waals surface area contributed by atoms with Gasteiger partial charge in [-0.25, -0.2) is 8.78 Å². The largest absolute Gasteiger partial charge is 0.392 e. The molecule has 25 heavy (non-hydrogen) atoms. The number of halogens is 2. The van der Waals surface area contributed by atoms with Crippen LogP contribution in [0, 0.1) is 18.6 Å². The summed E-state index contributed by atoms with van der Waals surface area (Å²) in [6, 6.07) is 9.56. The van der Waals surface area contributed by atoms with Crippen LogP contribution in [0.4, 0.5) is 14.6 Å². The molecule has 0 radical (unpaired) electrons. The van der Waals surface area contributed by atoms with E-state index in [4.69, 9.17) is 0 Å². The van der Waals surface area contributed by atoms with E-state index in [1.165, 1.54) is 6.07 Å². The summed E-state index contributed by atoms with van der Waals surface area (Å²) in [6.45, 7) is 1.68. The van der Waals surface area contributed by atoms with Crippen molar-refractivity contribution in [1.29, 1.82) is 0 Å². The number of hydrogen-bond donors (Lipinski definition) is 3. The zero-order valence-electron chi connectivity index (χ0n) is 13.3. The molecule has 0 aliphatic rings. The van der Waals surface area contributed by atoms with Gasteiger partial charge >= 0.3 is 0 Å². The lowest BCUT2D eigenvalue weighted by molar-refractivity contribution is 0.102. The molecule has 0 atom stereocenters. The molecule has 0 bridgehead atoms. The second-order valence-electron chi connectivity index (χ2n) is 5.58. The van der Waals surface area contributed by atoms with E-state index < -0.39 is 17.5 Å². The van der Waals surface area contributed by atoms with Crippen molar-refractivity contribution in [2.24, 2.45) is 0 Å². The van der Waals surface area contributed by atoms with Crippen molar-refractivity contribution < 1.29 is 18.7 Å². The lowest BCUT2D eigenvalue weighted by Crippen LogP contribution is -2.12. The molecule has 3 rings (SSSR count). The van der Waals surface area contributed by atoms with E-state index in [-0.39, 0.29) is 18.0 Å². The number of benzene rings is 2. The van der Waals surface area contributed by atoms with Crippen LogP contribution in [0.25, 0.3) is 11.3 Å². The third kappa shape index (κ3) is 3.72. The number of H-pyrrole nitrogens is 1. The number of nitrogens with zero attached hydrogens (tertiary/aromatic N) is 1. The van der Waals surface area contributed by atoms with Crippen molar-refractivity contribution in [2.45, 2.75) is 13.5 Å². The Morgan fingerprint density at radius 2 is 1.88 bits per heavy atom. The van der Waals surface area contributed by atoms with Gasteiger partial charge in [0.25, 0.3) is 5.91 Å². The van der Waals surface area contributed by atoms with Gasteiger partial charge in [-0.15, -0.1) is 0 Å². The molecule has 2 aromatic carbocycles. The van der Waals surface area contributed by atoms with Crippen LogP contribution < -0.4 is 5.32 Å². The Kier molecular flexibility index (Phi) is 4.58. The molecule has 128 valence electrons. The van der Waals surface area contributed by atoms with E-state index in [0.717, 1.165) is 23.8 Å². The number of nitrogens with one attached hydrogen (secondary N) is 2. The minimum absolute atomic E-state index is 0.162. The zero-order valence-corrected chi connectivity index (χ0v) is 13.3. The first-order chi connectivity index (χ1) is 12.0. The van der Waals surface area contributed by atoms with Crippen molar-refractivity contribution in [3.63, 3.8) is 0 Å². The predicted octanol–water partition coefficient (Wildman–Crippen LogP) is 3.41. The first-order valence-electron chi connectivity index (χ1n) is 7.50. The molecular formula is C18H15F2N3O2. The molecule has 1 amide bonds. The molecule has 3 N–H and O–H groups in total. The van der Waals surface area contributed by atoms with Gasteiger partial charge in [-0.3, -0.25) is 9.89 Å². The first kappa shape index (κ1) is 16.8. The number of aromatic amines is 1. The normalized spacial score (nSPS) is 10.7. The third-order valence-corrected chi connectivity index (χ3v) is 3.77. The predicted molar refractivity (Wildman–Crippen MR) is 89.0 cm³/mol. The molecule has 0 aliphatic carbocycles. The highest BCUT2D eigenvalue weighted by atomic mass is 19.1. The van der Waals surface area contributed by atoms with Gasteiger partial charge in [0, 0.05) is 23.3 Å². The number of rotatable bonds is 4. The molecule has 1 aromatic heterocycles. The molecule has 0 unspecified atom stereocenters. The Labute approximate surface area is 142 Å². The summed E-state index contributed by atoms with van der Waals surface area (Å²) in [5, 5.41) is 18.4. The third-order valence-electron chi connectivity index (χ3n) is 3.77. The molecule has 0 aliphatic heterocycles. The monoisotopic (exact) mass is 343 g/mol. The Balaban J connectivity index is 1.80. The van der Waals surface area contributed by atoms with Gasteiger partial charge < -0.3 is 10.4 Å². The van der Waals surface area contributed by atoms with Crippen molar-refractivity contribution >= 4 is 11.7 Å². The van der Waals surface area contributed by atoms with E-state index in [1.807, 2.05) is 6.92 Å². The van der Waals surface area contributed by atoms with Crippen molar-refractivity contribution in [2.75, 3.05) is 5.32 Å². The number of carbonyl (C=O) groups is 1. The minimum atomic E-state index is -0.702. The van der Waals surface area contributed by atoms with E-state index in [9.17, 15) is 18.7 Å². The average molecular weight is 343 g/mol. The molecule has 0 fully saturated rings. The number of aliphatic hydroxyl groups is 1. The van der Waals surface area contributed by atoms with Crippen molar-refractivity contribution in [3.05, 3.63) is 70.8 Å². The Morgan fingerprint density at radius 1 is 1.16 bits per heavy atom. The highest BCUT2D eigenvalue weighted by Crippen LogP contribution is 2.22. The molecule has 3 aromatic rings. The van der Waals surface area contributed by atoms with Gasteiger partial charge in [-0.05, 0) is 42.3 Å². The maximum absolute atomic E-state index is 13.3. The summed E-state index contributed by atoms with van der Waals surface area (Å²) in [5.41, 5.74) is 2.56. The number of aliphatic hydroxyl groups excluding tert-OH is 1. The van der Waals surface area contributed by atoms with Gasteiger partial charge in [0.2, 0.25) is 0 Å². The topological polar surface area (TPSA) is 78.0 Å². The van der Waals surface area contributed by atoms with Crippen LogP contribution in [0.1, 0.15) is 21.5 Å². The standard InChI is InChI=1S/C18H15F2N3O2/c1-10-2-3-11(4-13(10)9-24)18(25)21-17-8-16(22-23-17)12-5-14(19)7-15(20)6-12/h2-8,24H,9H2,1H3,(H2,21,22,23,25). The fraction of sp³-hybridized carbons (Fsp3) is 0.111. The summed E-state index contributed by atoms with van der Waals surface area (Å²) in [4.78, 5) is 12.3. The summed E-state index contributed by atoms with van der Waals surface area (Å²) in [6.07, 6.45) is 0. The molecular weight excluding hydrogens is 328 g/mol. The summed E-state index contributed by atoms with van der Waals surface area (Å²) < 4.78 is 26.6. The molecule has 5 nitrogen and oxygen atoms in total. The molecule has 0 saturated heterocycles. The smallest absolute Gasteiger partial charge is 0.256 e. The zero-order chi connectivity index (χ0) is 18.0. The SMILES string of the molecule is Cc1ccc(C(=O)Nc2cc(-c3cc(F)cc(F)c3)[nH]n2)cc1CO. The maximum Gasteiger partial charge on any atom is 0.256 e. The molecule has 7 heteroatoms. The van der Waals surface area contributed by atoms with Gasteiger partial charge in [-0.1, -0.05) is 6.07 Å². The van der Waals surface area contributed by atoms with Crippen LogP contribution in [0.15, 0.2) is 42.5 Å². The molecule has 1 heterocycles. The maximum atomic E-state index is 13.3. The summed E-state index contributed by atoms with van der Waals surface area (Å²) in [5.74, 6) is -1.59. The Bertz CT molecular complexity index is 918. The molecule has 0 spiro atoms.